The summed E-state index contributed by atoms with van der Waals surface area (Å²) >= 11 is 5.77. The number of carbonyl (C=O) groups is 2. The number of amides is 2. The van der Waals surface area contributed by atoms with Gasteiger partial charge in [-0.25, -0.2) is 13.6 Å². The summed E-state index contributed by atoms with van der Waals surface area (Å²) in [5.41, 5.74) is 2.75. The van der Waals surface area contributed by atoms with Crippen molar-refractivity contribution in [1.82, 2.24) is 10.3 Å². The Morgan fingerprint density at radius 2 is 1.94 bits per heavy atom. The number of nitrogens with zero attached hydrogens (tertiary/aromatic N) is 1. The number of fused-ring (bicyclic) bond motifs is 1. The van der Waals surface area contributed by atoms with Gasteiger partial charge in [0, 0.05) is 22.5 Å². The standard InChI is InChI=1S/C24H20ClF2N3O3/c1-13-3-2-4-15(28-13)12-33-24(32)30-21-10-7-16-17(6-9-20(27)22(16)21)23(31)29-14-5-8-19(26)18(25)11-14/h2-6,8-9,11,21H,7,10,12H2,1H3,(H,29,31)(H,30,32)/t21-/m0/s1. The van der Waals surface area contributed by atoms with Crippen molar-refractivity contribution in [3.63, 3.8) is 0 Å². The number of aryl methyl sites for hydroxylation is 1. The molecule has 2 N–H and O–H groups in total. The number of hydrogen-bond acceptors (Lipinski definition) is 4. The van der Waals surface area contributed by atoms with Crippen LogP contribution in [0.3, 0.4) is 0 Å². The van der Waals surface area contributed by atoms with Crippen LogP contribution in [0, 0.1) is 18.6 Å². The molecule has 170 valence electrons. The first kappa shape index (κ1) is 22.7. The molecule has 0 saturated heterocycles. The van der Waals surface area contributed by atoms with Crippen molar-refractivity contribution in [3.8, 4) is 0 Å². The number of nitrogens with one attached hydrogen (secondary N) is 2. The van der Waals surface area contributed by atoms with E-state index in [1.807, 2.05) is 19.1 Å². The van der Waals surface area contributed by atoms with E-state index < -0.39 is 29.7 Å². The average molecular weight is 472 g/mol. The molecule has 0 unspecified atom stereocenters. The van der Waals surface area contributed by atoms with Gasteiger partial charge in [0.05, 0.1) is 16.8 Å². The smallest absolute Gasteiger partial charge is 0.408 e. The first-order valence-electron chi connectivity index (χ1n) is 10.3. The number of alkyl carbamates (subject to hydrolysis) is 1. The molecule has 33 heavy (non-hydrogen) atoms. The Balaban J connectivity index is 1.46. The Morgan fingerprint density at radius 3 is 2.70 bits per heavy atom. The fourth-order valence-corrected chi connectivity index (χ4v) is 4.03. The van der Waals surface area contributed by atoms with Gasteiger partial charge in [-0.05, 0) is 67.8 Å². The number of rotatable bonds is 5. The lowest BCUT2D eigenvalue weighted by Gasteiger charge is -2.16. The van der Waals surface area contributed by atoms with E-state index in [0.29, 0.717) is 29.8 Å². The highest BCUT2D eigenvalue weighted by atomic mass is 35.5. The van der Waals surface area contributed by atoms with Crippen LogP contribution >= 0.6 is 11.6 Å². The van der Waals surface area contributed by atoms with E-state index in [1.54, 1.807) is 6.07 Å². The molecular formula is C24H20ClF2N3O3. The van der Waals surface area contributed by atoms with Gasteiger partial charge in [0.25, 0.3) is 5.91 Å². The Labute approximate surface area is 193 Å². The fraction of sp³-hybridized carbons (Fsp3) is 0.208. The predicted octanol–water partition coefficient (Wildman–Crippen LogP) is 5.49. The van der Waals surface area contributed by atoms with Crippen molar-refractivity contribution in [3.05, 3.63) is 93.3 Å². The minimum atomic E-state index is -0.702. The van der Waals surface area contributed by atoms with Crippen LogP contribution in [0.4, 0.5) is 19.3 Å². The fourth-order valence-electron chi connectivity index (χ4n) is 3.85. The van der Waals surface area contributed by atoms with Crippen molar-refractivity contribution < 1.29 is 23.1 Å². The Morgan fingerprint density at radius 1 is 1.15 bits per heavy atom. The van der Waals surface area contributed by atoms with Gasteiger partial charge in [-0.2, -0.15) is 0 Å². The minimum Gasteiger partial charge on any atom is -0.443 e. The quantitative estimate of drug-likeness (QED) is 0.516. The summed E-state index contributed by atoms with van der Waals surface area (Å²) in [6.07, 6.45) is 0.104. The zero-order valence-corrected chi connectivity index (χ0v) is 18.4. The van der Waals surface area contributed by atoms with Crippen molar-refractivity contribution in [2.24, 2.45) is 0 Å². The van der Waals surface area contributed by atoms with E-state index in [4.69, 9.17) is 16.3 Å². The highest BCUT2D eigenvalue weighted by Crippen LogP contribution is 2.36. The van der Waals surface area contributed by atoms with Gasteiger partial charge in [0.15, 0.2) is 0 Å². The van der Waals surface area contributed by atoms with E-state index in [0.717, 1.165) is 11.8 Å². The van der Waals surface area contributed by atoms with Gasteiger partial charge >= 0.3 is 6.09 Å². The number of ether oxygens (including phenoxy) is 1. The number of benzene rings is 2. The van der Waals surface area contributed by atoms with Gasteiger partial charge < -0.3 is 15.4 Å². The van der Waals surface area contributed by atoms with Crippen LogP contribution in [-0.2, 0) is 17.8 Å². The Bertz CT molecular complexity index is 1240. The summed E-state index contributed by atoms with van der Waals surface area (Å²) < 4.78 is 33.2. The highest BCUT2D eigenvalue weighted by Gasteiger charge is 2.31. The third-order valence-electron chi connectivity index (χ3n) is 5.35. The second-order valence-electron chi connectivity index (χ2n) is 7.65. The maximum Gasteiger partial charge on any atom is 0.408 e. The van der Waals surface area contributed by atoms with Crippen molar-refractivity contribution >= 4 is 29.3 Å². The lowest BCUT2D eigenvalue weighted by atomic mass is 10.0. The number of halogens is 3. The minimum absolute atomic E-state index is 0.0156. The predicted molar refractivity (Wildman–Crippen MR) is 119 cm³/mol. The first-order valence-corrected chi connectivity index (χ1v) is 10.6. The second kappa shape index (κ2) is 9.54. The van der Waals surface area contributed by atoms with E-state index in [-0.39, 0.29) is 22.8 Å². The molecule has 0 bridgehead atoms. The summed E-state index contributed by atoms with van der Waals surface area (Å²) in [5, 5.41) is 5.19. The summed E-state index contributed by atoms with van der Waals surface area (Å²) in [5.74, 6) is -1.60. The maximum absolute atomic E-state index is 14.7. The number of anilines is 1. The molecule has 1 aliphatic carbocycles. The Hall–Kier alpha value is -3.52. The van der Waals surface area contributed by atoms with Crippen LogP contribution in [0.25, 0.3) is 0 Å². The SMILES string of the molecule is Cc1cccc(COC(=O)N[C@H]2CCc3c(C(=O)Nc4ccc(F)c(Cl)c4)ccc(F)c32)n1. The van der Waals surface area contributed by atoms with E-state index in [1.165, 1.54) is 24.3 Å². The number of aromatic nitrogens is 1. The molecule has 6 nitrogen and oxygen atoms in total. The first-order chi connectivity index (χ1) is 15.8. The average Bonchev–Trinajstić information content (AvgIpc) is 3.19. The summed E-state index contributed by atoms with van der Waals surface area (Å²) in [6, 6.07) is 11.1. The van der Waals surface area contributed by atoms with Gasteiger partial charge in [-0.3, -0.25) is 9.78 Å². The van der Waals surface area contributed by atoms with Gasteiger partial charge in [-0.1, -0.05) is 17.7 Å². The van der Waals surface area contributed by atoms with E-state index in [2.05, 4.69) is 15.6 Å². The van der Waals surface area contributed by atoms with Crippen LogP contribution < -0.4 is 10.6 Å². The van der Waals surface area contributed by atoms with Crippen LogP contribution in [0.5, 0.6) is 0 Å². The monoisotopic (exact) mass is 471 g/mol. The van der Waals surface area contributed by atoms with E-state index in [9.17, 15) is 18.4 Å². The molecule has 1 atom stereocenters. The zero-order chi connectivity index (χ0) is 23.5. The molecule has 0 saturated carbocycles. The normalized spacial score (nSPS) is 14.5. The van der Waals surface area contributed by atoms with Crippen molar-refractivity contribution in [2.75, 3.05) is 5.32 Å². The zero-order valence-electron chi connectivity index (χ0n) is 17.6. The maximum atomic E-state index is 14.7. The molecule has 1 aliphatic rings. The summed E-state index contributed by atoms with van der Waals surface area (Å²) in [6.45, 7) is 1.82. The largest absolute Gasteiger partial charge is 0.443 e. The summed E-state index contributed by atoms with van der Waals surface area (Å²) in [7, 11) is 0. The lowest BCUT2D eigenvalue weighted by Crippen LogP contribution is -2.28. The van der Waals surface area contributed by atoms with Gasteiger partial charge in [-0.15, -0.1) is 0 Å². The second-order valence-corrected chi connectivity index (χ2v) is 8.06. The topological polar surface area (TPSA) is 80.3 Å². The van der Waals surface area contributed by atoms with Crippen LogP contribution in [0.2, 0.25) is 5.02 Å². The molecule has 2 amide bonds. The van der Waals surface area contributed by atoms with Crippen molar-refractivity contribution in [1.29, 1.82) is 0 Å². The van der Waals surface area contributed by atoms with Gasteiger partial charge in [0.1, 0.15) is 18.2 Å². The van der Waals surface area contributed by atoms with Crippen LogP contribution in [0.1, 0.15) is 45.3 Å². The van der Waals surface area contributed by atoms with Gasteiger partial charge in [0.2, 0.25) is 0 Å². The third kappa shape index (κ3) is 5.12. The molecule has 0 aliphatic heterocycles. The van der Waals surface area contributed by atoms with Crippen LogP contribution in [-0.4, -0.2) is 17.0 Å². The number of pyridine rings is 1. The van der Waals surface area contributed by atoms with Crippen LogP contribution in [0.15, 0.2) is 48.5 Å². The molecule has 0 spiro atoms. The molecular weight excluding hydrogens is 452 g/mol. The lowest BCUT2D eigenvalue weighted by molar-refractivity contribution is 0.102. The van der Waals surface area contributed by atoms with E-state index >= 15 is 0 Å². The third-order valence-corrected chi connectivity index (χ3v) is 5.64. The molecule has 2 aromatic carbocycles. The number of carbonyl (C=O) groups excluding carboxylic acids is 2. The molecule has 9 heteroatoms. The highest BCUT2D eigenvalue weighted by molar-refractivity contribution is 6.31. The molecule has 3 aromatic rings. The summed E-state index contributed by atoms with van der Waals surface area (Å²) in [4.78, 5) is 29.4. The molecule has 1 heterocycles. The number of hydrogen-bond donors (Lipinski definition) is 2. The molecule has 0 radical (unpaired) electrons. The Kier molecular flexibility index (Phi) is 6.55. The molecule has 0 fully saturated rings. The molecule has 1 aromatic heterocycles. The molecule has 4 rings (SSSR count). The van der Waals surface area contributed by atoms with Crippen molar-refractivity contribution in [2.45, 2.75) is 32.4 Å².